The maximum Gasteiger partial charge on any atom is 0.251 e. The SMILES string of the molecule is CCN(CC)CCNC(=O)c1ccccc1. The molecular formula is C13H20N2O. The number of amides is 1. The van der Waals surface area contributed by atoms with Gasteiger partial charge in [-0.2, -0.15) is 0 Å². The fourth-order valence-electron chi connectivity index (χ4n) is 1.56. The highest BCUT2D eigenvalue weighted by atomic mass is 16.1. The van der Waals surface area contributed by atoms with Crippen LogP contribution in [0, 0.1) is 0 Å². The molecule has 1 aromatic rings. The molecule has 3 nitrogen and oxygen atoms in total. The highest BCUT2D eigenvalue weighted by Crippen LogP contribution is 1.97. The predicted octanol–water partition coefficient (Wildman–Crippen LogP) is 1.76. The van der Waals surface area contributed by atoms with Crippen LogP contribution in [0.15, 0.2) is 30.3 Å². The lowest BCUT2D eigenvalue weighted by molar-refractivity contribution is 0.0949. The first-order chi connectivity index (χ1) is 7.77. The molecule has 1 aromatic carbocycles. The van der Waals surface area contributed by atoms with Gasteiger partial charge in [0.25, 0.3) is 5.91 Å². The molecule has 0 heterocycles. The van der Waals surface area contributed by atoms with Crippen LogP contribution in [-0.2, 0) is 0 Å². The van der Waals surface area contributed by atoms with Gasteiger partial charge in [0.15, 0.2) is 0 Å². The van der Waals surface area contributed by atoms with Crippen molar-refractivity contribution in [3.05, 3.63) is 35.9 Å². The van der Waals surface area contributed by atoms with Crippen molar-refractivity contribution in [1.29, 1.82) is 0 Å². The second kappa shape index (κ2) is 7.01. The van der Waals surface area contributed by atoms with Crippen LogP contribution in [-0.4, -0.2) is 37.0 Å². The van der Waals surface area contributed by atoms with E-state index in [0.717, 1.165) is 25.2 Å². The molecule has 88 valence electrons. The van der Waals surface area contributed by atoms with Gasteiger partial charge in [-0.15, -0.1) is 0 Å². The van der Waals surface area contributed by atoms with E-state index in [1.54, 1.807) is 0 Å². The number of rotatable bonds is 6. The summed E-state index contributed by atoms with van der Waals surface area (Å²) in [4.78, 5) is 14.0. The Balaban J connectivity index is 2.31. The minimum Gasteiger partial charge on any atom is -0.351 e. The average Bonchev–Trinajstić information content (AvgIpc) is 2.35. The van der Waals surface area contributed by atoms with Gasteiger partial charge in [0.1, 0.15) is 0 Å². The molecule has 0 spiro atoms. The van der Waals surface area contributed by atoms with E-state index in [4.69, 9.17) is 0 Å². The van der Waals surface area contributed by atoms with Crippen molar-refractivity contribution in [1.82, 2.24) is 10.2 Å². The summed E-state index contributed by atoms with van der Waals surface area (Å²) in [7, 11) is 0. The van der Waals surface area contributed by atoms with E-state index in [1.807, 2.05) is 30.3 Å². The van der Waals surface area contributed by atoms with E-state index in [-0.39, 0.29) is 5.91 Å². The standard InChI is InChI=1S/C13H20N2O/c1-3-15(4-2)11-10-14-13(16)12-8-6-5-7-9-12/h5-9H,3-4,10-11H2,1-2H3,(H,14,16). The zero-order valence-electron chi connectivity index (χ0n) is 10.1. The number of nitrogens with one attached hydrogen (secondary N) is 1. The maximum absolute atomic E-state index is 11.7. The number of carbonyl (C=O) groups is 1. The Hall–Kier alpha value is -1.35. The molecule has 16 heavy (non-hydrogen) atoms. The Morgan fingerprint density at radius 3 is 2.38 bits per heavy atom. The molecule has 0 aliphatic heterocycles. The van der Waals surface area contributed by atoms with E-state index in [1.165, 1.54) is 0 Å². The van der Waals surface area contributed by atoms with Crippen molar-refractivity contribution in [2.24, 2.45) is 0 Å². The summed E-state index contributed by atoms with van der Waals surface area (Å²) >= 11 is 0. The normalized spacial score (nSPS) is 10.4. The number of carbonyl (C=O) groups excluding carboxylic acids is 1. The van der Waals surface area contributed by atoms with Crippen molar-refractivity contribution in [2.75, 3.05) is 26.2 Å². The number of hydrogen-bond acceptors (Lipinski definition) is 2. The van der Waals surface area contributed by atoms with Gasteiger partial charge in [-0.1, -0.05) is 32.0 Å². The molecule has 0 aromatic heterocycles. The van der Waals surface area contributed by atoms with Crippen LogP contribution in [0.4, 0.5) is 0 Å². The lowest BCUT2D eigenvalue weighted by Crippen LogP contribution is -2.34. The molecule has 0 bridgehead atoms. The first-order valence-corrected chi connectivity index (χ1v) is 5.83. The fraction of sp³-hybridized carbons (Fsp3) is 0.462. The van der Waals surface area contributed by atoms with Gasteiger partial charge in [-0.05, 0) is 25.2 Å². The minimum atomic E-state index is 0.00718. The summed E-state index contributed by atoms with van der Waals surface area (Å²) in [5.74, 6) is 0.00718. The van der Waals surface area contributed by atoms with Crippen molar-refractivity contribution in [2.45, 2.75) is 13.8 Å². The summed E-state index contributed by atoms with van der Waals surface area (Å²) < 4.78 is 0. The molecule has 0 fully saturated rings. The van der Waals surface area contributed by atoms with Crippen molar-refractivity contribution >= 4 is 5.91 Å². The van der Waals surface area contributed by atoms with Gasteiger partial charge in [0.05, 0.1) is 0 Å². The topological polar surface area (TPSA) is 32.3 Å². The van der Waals surface area contributed by atoms with Crippen LogP contribution < -0.4 is 5.32 Å². The largest absolute Gasteiger partial charge is 0.351 e. The third kappa shape index (κ3) is 4.03. The molecule has 1 rings (SSSR count). The smallest absolute Gasteiger partial charge is 0.251 e. The van der Waals surface area contributed by atoms with Crippen molar-refractivity contribution < 1.29 is 4.79 Å². The summed E-state index contributed by atoms with van der Waals surface area (Å²) in [6, 6.07) is 9.31. The Bertz CT molecular complexity index is 307. The molecule has 1 N–H and O–H groups in total. The summed E-state index contributed by atoms with van der Waals surface area (Å²) in [5, 5.41) is 2.92. The number of benzene rings is 1. The third-order valence-electron chi connectivity index (χ3n) is 2.64. The van der Waals surface area contributed by atoms with Crippen LogP contribution >= 0.6 is 0 Å². The summed E-state index contributed by atoms with van der Waals surface area (Å²) in [6.45, 7) is 7.92. The molecule has 0 saturated heterocycles. The van der Waals surface area contributed by atoms with Gasteiger partial charge in [-0.25, -0.2) is 0 Å². The first-order valence-electron chi connectivity index (χ1n) is 5.83. The van der Waals surface area contributed by atoms with Gasteiger partial charge in [-0.3, -0.25) is 4.79 Å². The Labute approximate surface area is 97.5 Å². The predicted molar refractivity (Wildman–Crippen MR) is 66.6 cm³/mol. The van der Waals surface area contributed by atoms with Crippen molar-refractivity contribution in [3.8, 4) is 0 Å². The molecule has 0 unspecified atom stereocenters. The Kier molecular flexibility index (Phi) is 5.57. The van der Waals surface area contributed by atoms with Crippen LogP contribution in [0.1, 0.15) is 24.2 Å². The molecule has 0 saturated carbocycles. The Morgan fingerprint density at radius 1 is 1.19 bits per heavy atom. The van der Waals surface area contributed by atoms with Gasteiger partial charge in [0.2, 0.25) is 0 Å². The minimum absolute atomic E-state index is 0.00718. The fourth-order valence-corrected chi connectivity index (χ4v) is 1.56. The van der Waals surface area contributed by atoms with Crippen LogP contribution in [0.25, 0.3) is 0 Å². The highest BCUT2D eigenvalue weighted by molar-refractivity contribution is 5.94. The quantitative estimate of drug-likeness (QED) is 0.792. The van der Waals surface area contributed by atoms with E-state index in [9.17, 15) is 4.79 Å². The van der Waals surface area contributed by atoms with Gasteiger partial charge >= 0.3 is 0 Å². The van der Waals surface area contributed by atoms with E-state index in [2.05, 4.69) is 24.1 Å². The second-order valence-electron chi connectivity index (χ2n) is 3.65. The average molecular weight is 220 g/mol. The second-order valence-corrected chi connectivity index (χ2v) is 3.65. The monoisotopic (exact) mass is 220 g/mol. The highest BCUT2D eigenvalue weighted by Gasteiger charge is 2.04. The van der Waals surface area contributed by atoms with Crippen LogP contribution in [0.3, 0.4) is 0 Å². The molecule has 0 aliphatic carbocycles. The lowest BCUT2D eigenvalue weighted by atomic mass is 10.2. The molecule has 3 heteroatoms. The first kappa shape index (κ1) is 12.7. The molecule has 0 aliphatic rings. The van der Waals surface area contributed by atoms with E-state index < -0.39 is 0 Å². The molecule has 0 radical (unpaired) electrons. The van der Waals surface area contributed by atoms with Crippen LogP contribution in [0.2, 0.25) is 0 Å². The molecule has 1 amide bonds. The molecular weight excluding hydrogens is 200 g/mol. The third-order valence-corrected chi connectivity index (χ3v) is 2.64. The Morgan fingerprint density at radius 2 is 1.81 bits per heavy atom. The number of hydrogen-bond donors (Lipinski definition) is 1. The zero-order chi connectivity index (χ0) is 11.8. The van der Waals surface area contributed by atoms with Crippen molar-refractivity contribution in [3.63, 3.8) is 0 Å². The molecule has 0 atom stereocenters. The zero-order valence-corrected chi connectivity index (χ0v) is 10.1. The van der Waals surface area contributed by atoms with Gasteiger partial charge in [0, 0.05) is 18.7 Å². The number of nitrogens with zero attached hydrogens (tertiary/aromatic N) is 1. The summed E-state index contributed by atoms with van der Waals surface area (Å²) in [5.41, 5.74) is 0.724. The van der Waals surface area contributed by atoms with Crippen LogP contribution in [0.5, 0.6) is 0 Å². The lowest BCUT2D eigenvalue weighted by Gasteiger charge is -2.17. The van der Waals surface area contributed by atoms with E-state index >= 15 is 0 Å². The number of likely N-dealkylation sites (N-methyl/N-ethyl adjacent to an activating group) is 1. The van der Waals surface area contributed by atoms with Gasteiger partial charge < -0.3 is 10.2 Å². The van der Waals surface area contributed by atoms with E-state index in [0.29, 0.717) is 6.54 Å². The summed E-state index contributed by atoms with van der Waals surface area (Å²) in [6.07, 6.45) is 0. The maximum atomic E-state index is 11.7.